The fourth-order valence-corrected chi connectivity index (χ4v) is 1.11. The average molecular weight is 310 g/mol. The lowest BCUT2D eigenvalue weighted by atomic mass is 10.3. The van der Waals surface area contributed by atoms with Crippen LogP contribution in [-0.4, -0.2) is 11.9 Å². The molecule has 0 fully saturated rings. The van der Waals surface area contributed by atoms with Gasteiger partial charge in [0.2, 0.25) is 11.6 Å². The second-order valence-corrected chi connectivity index (χ2v) is 3.89. The lowest BCUT2D eigenvalue weighted by Gasteiger charge is -2.08. The maximum absolute atomic E-state index is 13.7. The lowest BCUT2D eigenvalue weighted by Crippen LogP contribution is -2.10. The van der Waals surface area contributed by atoms with Crippen LogP contribution in [0.3, 0.4) is 0 Å². The molecule has 0 spiro atoms. The van der Waals surface area contributed by atoms with Crippen molar-refractivity contribution in [1.82, 2.24) is 0 Å². The van der Waals surface area contributed by atoms with Crippen molar-refractivity contribution < 1.29 is 32.6 Å². The molecular formula is C15H12F2O5. The molecule has 0 N–H and O–H groups in total. The molecule has 0 aliphatic rings. The zero-order chi connectivity index (χ0) is 16.7. The number of carbonyl (C=O) groups is 2. The van der Waals surface area contributed by atoms with Crippen molar-refractivity contribution in [3.63, 3.8) is 0 Å². The fourth-order valence-electron chi connectivity index (χ4n) is 1.11. The molecule has 1 rings (SSSR count). The van der Waals surface area contributed by atoms with Gasteiger partial charge in [0.25, 0.3) is 0 Å². The molecule has 22 heavy (non-hydrogen) atoms. The third-order valence-corrected chi connectivity index (χ3v) is 2.16. The Labute approximate surface area is 125 Å². The summed E-state index contributed by atoms with van der Waals surface area (Å²) in [6.45, 7) is 7.85. The minimum absolute atomic E-state index is 0.0344. The number of benzene rings is 1. The van der Waals surface area contributed by atoms with Gasteiger partial charge in [-0.05, 0) is 19.1 Å². The fraction of sp³-hybridized carbons (Fsp3) is 0.0667. The first-order chi connectivity index (χ1) is 10.4. The molecule has 0 saturated heterocycles. The largest absolute Gasteiger partial charge is 0.459 e. The van der Waals surface area contributed by atoms with Crippen molar-refractivity contribution in [2.24, 2.45) is 0 Å². The maximum Gasteiger partial charge on any atom is 0.338 e. The number of halogens is 2. The van der Waals surface area contributed by atoms with E-state index in [9.17, 15) is 18.4 Å². The van der Waals surface area contributed by atoms with Crippen LogP contribution < -0.4 is 9.47 Å². The smallest absolute Gasteiger partial charge is 0.338 e. The van der Waals surface area contributed by atoms with Crippen molar-refractivity contribution in [3.8, 4) is 11.5 Å². The Bertz CT molecular complexity index is 650. The Morgan fingerprint density at radius 3 is 2.32 bits per heavy atom. The van der Waals surface area contributed by atoms with Crippen molar-refractivity contribution in [2.75, 3.05) is 0 Å². The van der Waals surface area contributed by atoms with Crippen LogP contribution in [0, 0.1) is 11.6 Å². The molecule has 0 unspecified atom stereocenters. The molecular weight excluding hydrogens is 298 g/mol. The number of esters is 2. The summed E-state index contributed by atoms with van der Waals surface area (Å²) in [6, 6.07) is 2.05. The normalized spacial score (nSPS) is 10.1. The van der Waals surface area contributed by atoms with Gasteiger partial charge >= 0.3 is 11.9 Å². The summed E-state index contributed by atoms with van der Waals surface area (Å²) in [7, 11) is 0. The van der Waals surface area contributed by atoms with Crippen LogP contribution in [0.15, 0.2) is 49.5 Å². The highest BCUT2D eigenvalue weighted by atomic mass is 19.2. The van der Waals surface area contributed by atoms with Gasteiger partial charge in [0, 0.05) is 11.6 Å². The van der Waals surface area contributed by atoms with E-state index < -0.39 is 35.1 Å². The van der Waals surface area contributed by atoms with Gasteiger partial charge in [-0.25, -0.2) is 9.59 Å². The van der Waals surface area contributed by atoms with E-state index in [-0.39, 0.29) is 5.57 Å². The van der Waals surface area contributed by atoms with Crippen LogP contribution >= 0.6 is 0 Å². The first-order valence-corrected chi connectivity index (χ1v) is 5.87. The highest BCUT2D eigenvalue weighted by Gasteiger charge is 2.18. The molecule has 0 amide bonds. The van der Waals surface area contributed by atoms with E-state index in [4.69, 9.17) is 4.74 Å². The molecule has 0 aromatic heterocycles. The number of hydrogen-bond donors (Lipinski definition) is 0. The Hall–Kier alpha value is -2.96. The van der Waals surface area contributed by atoms with Crippen LogP contribution in [0.25, 0.3) is 0 Å². The summed E-state index contributed by atoms with van der Waals surface area (Å²) in [5.41, 5.74) is 0.0344. The van der Waals surface area contributed by atoms with E-state index in [1.54, 1.807) is 0 Å². The Morgan fingerprint density at radius 1 is 1.14 bits per heavy atom. The summed E-state index contributed by atoms with van der Waals surface area (Å²) in [6.07, 6.45) is 2.57. The Kier molecular flexibility index (Phi) is 6.00. The maximum atomic E-state index is 13.7. The van der Waals surface area contributed by atoms with Gasteiger partial charge in [0.15, 0.2) is 11.5 Å². The average Bonchev–Trinajstić information content (AvgIpc) is 2.49. The highest BCUT2D eigenvalue weighted by molar-refractivity contribution is 5.88. The van der Waals surface area contributed by atoms with Crippen LogP contribution in [0.1, 0.15) is 6.92 Å². The summed E-state index contributed by atoms with van der Waals surface area (Å²) in [4.78, 5) is 22.0. The van der Waals surface area contributed by atoms with Gasteiger partial charge in [0.05, 0.1) is 0 Å². The molecule has 1 aromatic carbocycles. The highest BCUT2D eigenvalue weighted by Crippen LogP contribution is 2.28. The minimum atomic E-state index is -1.40. The molecule has 5 nitrogen and oxygen atoms in total. The molecule has 0 radical (unpaired) electrons. The molecule has 0 atom stereocenters. The quantitative estimate of drug-likeness (QED) is 0.350. The lowest BCUT2D eigenvalue weighted by molar-refractivity contribution is -0.132. The number of carbonyl (C=O) groups excluding carboxylic acids is 2. The molecule has 0 aliphatic carbocycles. The second-order valence-electron chi connectivity index (χ2n) is 3.89. The predicted octanol–water partition coefficient (Wildman–Crippen LogP) is 3.03. The van der Waals surface area contributed by atoms with Crippen molar-refractivity contribution >= 4 is 11.9 Å². The van der Waals surface area contributed by atoms with Gasteiger partial charge in [0.1, 0.15) is 12.5 Å². The van der Waals surface area contributed by atoms with E-state index in [0.717, 1.165) is 30.7 Å². The summed E-state index contributed by atoms with van der Waals surface area (Å²) in [5.74, 6) is -5.48. The van der Waals surface area contributed by atoms with Gasteiger partial charge in [-0.3, -0.25) is 0 Å². The van der Waals surface area contributed by atoms with E-state index in [2.05, 4.69) is 22.6 Å². The Balaban J connectivity index is 2.81. The van der Waals surface area contributed by atoms with Gasteiger partial charge < -0.3 is 14.2 Å². The molecule has 0 aliphatic heterocycles. The first-order valence-electron chi connectivity index (χ1n) is 5.87. The van der Waals surface area contributed by atoms with E-state index in [0.29, 0.717) is 0 Å². The summed E-state index contributed by atoms with van der Waals surface area (Å²) < 4.78 is 41.2. The molecule has 0 bridgehead atoms. The van der Waals surface area contributed by atoms with E-state index >= 15 is 0 Å². The van der Waals surface area contributed by atoms with E-state index in [1.165, 1.54) is 6.92 Å². The Morgan fingerprint density at radius 2 is 1.73 bits per heavy atom. The van der Waals surface area contributed by atoms with E-state index in [1.807, 2.05) is 0 Å². The first kappa shape index (κ1) is 17.1. The summed E-state index contributed by atoms with van der Waals surface area (Å²) >= 11 is 0. The topological polar surface area (TPSA) is 61.8 Å². The molecule has 7 heteroatoms. The SMILES string of the molecule is C=CC(=O)OC=COc1ccc(OC(=O)C(=C)C)c(F)c1F. The molecule has 0 saturated carbocycles. The van der Waals surface area contributed by atoms with Crippen LogP contribution in [0.5, 0.6) is 11.5 Å². The number of rotatable bonds is 6. The van der Waals surface area contributed by atoms with Crippen molar-refractivity contribution in [2.45, 2.75) is 6.92 Å². The van der Waals surface area contributed by atoms with Gasteiger partial charge in [-0.1, -0.05) is 13.2 Å². The third kappa shape index (κ3) is 4.55. The third-order valence-electron chi connectivity index (χ3n) is 2.16. The second kappa shape index (κ2) is 7.72. The zero-order valence-electron chi connectivity index (χ0n) is 11.6. The molecule has 1 aromatic rings. The number of hydrogen-bond acceptors (Lipinski definition) is 5. The zero-order valence-corrected chi connectivity index (χ0v) is 11.6. The monoisotopic (exact) mass is 310 g/mol. The van der Waals surface area contributed by atoms with Crippen LogP contribution in [0.4, 0.5) is 8.78 Å². The van der Waals surface area contributed by atoms with Crippen molar-refractivity contribution in [3.05, 3.63) is 61.1 Å². The molecule has 0 heterocycles. The van der Waals surface area contributed by atoms with Gasteiger partial charge in [-0.2, -0.15) is 8.78 Å². The predicted molar refractivity (Wildman–Crippen MR) is 72.9 cm³/mol. The van der Waals surface area contributed by atoms with Crippen LogP contribution in [-0.2, 0) is 14.3 Å². The minimum Gasteiger partial charge on any atom is -0.459 e. The summed E-state index contributed by atoms with van der Waals surface area (Å²) in [5, 5.41) is 0. The van der Waals surface area contributed by atoms with Gasteiger partial charge in [-0.15, -0.1) is 0 Å². The van der Waals surface area contributed by atoms with Crippen LogP contribution in [0.2, 0.25) is 0 Å². The number of ether oxygens (including phenoxy) is 3. The van der Waals surface area contributed by atoms with Crippen molar-refractivity contribution in [1.29, 1.82) is 0 Å². The molecule has 116 valence electrons. The standard InChI is InChI=1S/C15H12F2O5/c1-4-12(18)21-8-7-20-10-5-6-11(14(17)13(10)16)22-15(19)9(2)3/h4-8H,1-2H2,3H3.